The number of hydrogen-bond acceptors (Lipinski definition) is 5. The number of ether oxygens (including phenoxy) is 1. The summed E-state index contributed by atoms with van der Waals surface area (Å²) in [4.78, 5) is 9.24. The summed E-state index contributed by atoms with van der Waals surface area (Å²) in [5.41, 5.74) is 3.03. The van der Waals surface area contributed by atoms with Gasteiger partial charge in [0.05, 0.1) is 12.8 Å². The molecule has 0 bridgehead atoms. The molecule has 1 heterocycles. The van der Waals surface area contributed by atoms with Crippen molar-refractivity contribution in [2.75, 3.05) is 17.7 Å². The Hall–Kier alpha value is -2.30. The number of aromatic nitrogens is 2. The molecule has 0 unspecified atom stereocenters. The van der Waals surface area contributed by atoms with Crippen LogP contribution in [-0.2, 0) is 0 Å². The maximum atomic E-state index is 5.45. The lowest BCUT2D eigenvalue weighted by Gasteiger charge is -2.17. The summed E-state index contributed by atoms with van der Waals surface area (Å²) in [7, 11) is 1.68. The van der Waals surface area contributed by atoms with E-state index in [1.165, 1.54) is 44.1 Å². The molecule has 2 aromatic rings. The second-order valence-electron chi connectivity index (χ2n) is 6.88. The monoisotopic (exact) mass is 340 g/mol. The third-order valence-corrected chi connectivity index (χ3v) is 4.66. The summed E-state index contributed by atoms with van der Waals surface area (Å²) in [6.45, 7) is 4.06. The Morgan fingerprint density at radius 3 is 2.48 bits per heavy atom. The lowest BCUT2D eigenvalue weighted by Crippen LogP contribution is -2.20. The number of nitrogens with zero attached hydrogens (tertiary/aromatic N) is 2. The van der Waals surface area contributed by atoms with Crippen LogP contribution in [0.3, 0.4) is 0 Å². The van der Waals surface area contributed by atoms with Crippen molar-refractivity contribution in [1.82, 2.24) is 9.97 Å². The molecule has 0 radical (unpaired) electrons. The first-order chi connectivity index (χ1) is 12.1. The summed E-state index contributed by atoms with van der Waals surface area (Å²) in [5, 5.41) is 6.91. The van der Waals surface area contributed by atoms with Gasteiger partial charge in [-0.3, -0.25) is 0 Å². The van der Waals surface area contributed by atoms with Gasteiger partial charge < -0.3 is 15.4 Å². The van der Waals surface area contributed by atoms with E-state index in [1.54, 1.807) is 7.11 Å². The van der Waals surface area contributed by atoms with Crippen LogP contribution in [0.4, 0.5) is 17.5 Å². The van der Waals surface area contributed by atoms with Gasteiger partial charge in [0, 0.05) is 17.8 Å². The highest BCUT2D eigenvalue weighted by atomic mass is 16.5. The van der Waals surface area contributed by atoms with Gasteiger partial charge in [0.25, 0.3) is 0 Å². The molecule has 0 spiro atoms. The summed E-state index contributed by atoms with van der Waals surface area (Å²) in [6.07, 6.45) is 7.65. The Morgan fingerprint density at radius 2 is 1.76 bits per heavy atom. The van der Waals surface area contributed by atoms with Crippen LogP contribution in [-0.4, -0.2) is 23.1 Å². The Kier molecular flexibility index (Phi) is 5.74. The zero-order chi connectivity index (χ0) is 17.6. The molecule has 1 saturated carbocycles. The lowest BCUT2D eigenvalue weighted by molar-refractivity contribution is 0.416. The van der Waals surface area contributed by atoms with E-state index in [1.807, 2.05) is 25.1 Å². The molecule has 2 N–H and O–H groups in total. The average molecular weight is 340 g/mol. The first kappa shape index (κ1) is 17.5. The number of nitrogens with one attached hydrogen (secondary N) is 2. The summed E-state index contributed by atoms with van der Waals surface area (Å²) in [6, 6.07) is 8.50. The zero-order valence-corrected chi connectivity index (χ0v) is 15.4. The molecular weight excluding hydrogens is 312 g/mol. The number of methoxy groups -OCH3 is 1. The van der Waals surface area contributed by atoms with E-state index in [9.17, 15) is 0 Å². The first-order valence-corrected chi connectivity index (χ1v) is 9.18. The maximum Gasteiger partial charge on any atom is 0.225 e. The van der Waals surface area contributed by atoms with Crippen LogP contribution in [0.5, 0.6) is 5.75 Å². The molecule has 0 aliphatic heterocycles. The van der Waals surface area contributed by atoms with Gasteiger partial charge in [0.1, 0.15) is 11.6 Å². The first-order valence-electron chi connectivity index (χ1n) is 9.18. The van der Waals surface area contributed by atoms with Crippen LogP contribution in [0.2, 0.25) is 0 Å². The number of rotatable bonds is 5. The Balaban J connectivity index is 1.78. The molecule has 1 aromatic heterocycles. The highest BCUT2D eigenvalue weighted by molar-refractivity contribution is 5.65. The molecule has 5 nitrogen and oxygen atoms in total. The summed E-state index contributed by atoms with van der Waals surface area (Å²) in [5.74, 6) is 2.30. The van der Waals surface area contributed by atoms with Crippen LogP contribution < -0.4 is 15.4 Å². The molecule has 0 amide bonds. The van der Waals surface area contributed by atoms with E-state index in [0.29, 0.717) is 12.0 Å². The Morgan fingerprint density at radius 1 is 1.00 bits per heavy atom. The lowest BCUT2D eigenvalue weighted by atomic mass is 10.1. The summed E-state index contributed by atoms with van der Waals surface area (Å²) >= 11 is 0. The quantitative estimate of drug-likeness (QED) is 0.752. The minimum absolute atomic E-state index is 0.477. The average Bonchev–Trinajstić information content (AvgIpc) is 2.83. The van der Waals surface area contributed by atoms with Crippen molar-refractivity contribution in [2.24, 2.45) is 0 Å². The molecule has 0 saturated heterocycles. The standard InChI is InChI=1S/C20H28N4O/c1-14-10-11-18(25-3)17(12-14)23-19-13-15(2)21-20(24-19)22-16-8-6-4-5-7-9-16/h10-13,16H,4-9H2,1-3H3,(H2,21,22,23,24). The normalized spacial score (nSPS) is 15.5. The van der Waals surface area contributed by atoms with Gasteiger partial charge in [-0.25, -0.2) is 4.98 Å². The van der Waals surface area contributed by atoms with Crippen molar-refractivity contribution in [1.29, 1.82) is 0 Å². The minimum Gasteiger partial charge on any atom is -0.495 e. The van der Waals surface area contributed by atoms with Gasteiger partial charge in [0.15, 0.2) is 0 Å². The van der Waals surface area contributed by atoms with Crippen molar-refractivity contribution in [3.63, 3.8) is 0 Å². The zero-order valence-electron chi connectivity index (χ0n) is 15.4. The maximum absolute atomic E-state index is 5.45. The van der Waals surface area contributed by atoms with Crippen LogP contribution in [0.1, 0.15) is 49.8 Å². The van der Waals surface area contributed by atoms with Gasteiger partial charge in [-0.2, -0.15) is 4.98 Å². The number of anilines is 3. The third-order valence-electron chi connectivity index (χ3n) is 4.66. The van der Waals surface area contributed by atoms with Gasteiger partial charge in [0.2, 0.25) is 5.95 Å². The fourth-order valence-electron chi connectivity index (χ4n) is 3.36. The Bertz CT molecular complexity index is 709. The predicted octanol–water partition coefficient (Wildman–Crippen LogP) is 4.98. The molecule has 3 rings (SSSR count). The highest BCUT2D eigenvalue weighted by Crippen LogP contribution is 2.28. The van der Waals surface area contributed by atoms with Crippen molar-refractivity contribution in [2.45, 2.75) is 58.4 Å². The van der Waals surface area contributed by atoms with Gasteiger partial charge >= 0.3 is 0 Å². The number of hydrogen-bond donors (Lipinski definition) is 2. The fraction of sp³-hybridized carbons (Fsp3) is 0.500. The van der Waals surface area contributed by atoms with Crippen molar-refractivity contribution < 1.29 is 4.74 Å². The second kappa shape index (κ2) is 8.19. The molecule has 25 heavy (non-hydrogen) atoms. The van der Waals surface area contributed by atoms with Crippen molar-refractivity contribution in [3.05, 3.63) is 35.5 Å². The van der Waals surface area contributed by atoms with E-state index >= 15 is 0 Å². The molecule has 1 aliphatic carbocycles. The van der Waals surface area contributed by atoms with Gasteiger partial charge in [-0.15, -0.1) is 0 Å². The van der Waals surface area contributed by atoms with E-state index < -0.39 is 0 Å². The SMILES string of the molecule is COc1ccc(C)cc1Nc1cc(C)nc(NC2CCCCCC2)n1. The van der Waals surface area contributed by atoms with E-state index in [0.717, 1.165) is 22.9 Å². The third kappa shape index (κ3) is 4.84. The molecule has 0 atom stereocenters. The van der Waals surface area contributed by atoms with Gasteiger partial charge in [-0.1, -0.05) is 31.7 Å². The number of benzene rings is 1. The second-order valence-corrected chi connectivity index (χ2v) is 6.88. The van der Waals surface area contributed by atoms with Crippen LogP contribution in [0.15, 0.2) is 24.3 Å². The topological polar surface area (TPSA) is 59.1 Å². The number of aryl methyl sites for hydroxylation is 2. The molecule has 1 aliphatic rings. The molecule has 1 fully saturated rings. The summed E-state index contributed by atoms with van der Waals surface area (Å²) < 4.78 is 5.45. The smallest absolute Gasteiger partial charge is 0.225 e. The minimum atomic E-state index is 0.477. The molecule has 1 aromatic carbocycles. The van der Waals surface area contributed by atoms with Crippen LogP contribution in [0, 0.1) is 13.8 Å². The van der Waals surface area contributed by atoms with Crippen molar-refractivity contribution in [3.8, 4) is 5.75 Å². The molecule has 5 heteroatoms. The van der Waals surface area contributed by atoms with E-state index in [4.69, 9.17) is 4.74 Å². The van der Waals surface area contributed by atoms with Crippen molar-refractivity contribution >= 4 is 17.5 Å². The largest absolute Gasteiger partial charge is 0.495 e. The highest BCUT2D eigenvalue weighted by Gasteiger charge is 2.14. The molecular formula is C20H28N4O. The van der Waals surface area contributed by atoms with E-state index in [-0.39, 0.29) is 0 Å². The van der Waals surface area contributed by atoms with Crippen LogP contribution in [0.25, 0.3) is 0 Å². The van der Waals surface area contributed by atoms with Gasteiger partial charge in [-0.05, 0) is 44.4 Å². The van der Waals surface area contributed by atoms with E-state index in [2.05, 4.69) is 33.6 Å². The van der Waals surface area contributed by atoms with Crippen LogP contribution >= 0.6 is 0 Å². The Labute approximate surface area is 150 Å². The predicted molar refractivity (Wildman–Crippen MR) is 103 cm³/mol. The fourth-order valence-corrected chi connectivity index (χ4v) is 3.36. The molecule has 134 valence electrons.